The maximum absolute atomic E-state index is 12.4. The third-order valence-corrected chi connectivity index (χ3v) is 3.45. The average Bonchev–Trinajstić information content (AvgIpc) is 3.09. The van der Waals surface area contributed by atoms with E-state index in [9.17, 15) is 9.59 Å². The lowest BCUT2D eigenvalue weighted by Gasteiger charge is -2.20. The summed E-state index contributed by atoms with van der Waals surface area (Å²) in [5, 5.41) is 10.1. The summed E-state index contributed by atoms with van der Waals surface area (Å²) in [5.41, 5.74) is 0.778. The van der Waals surface area contributed by atoms with Crippen LogP contribution in [0.4, 0.5) is 5.82 Å². The van der Waals surface area contributed by atoms with E-state index in [0.29, 0.717) is 23.6 Å². The quantitative estimate of drug-likeness (QED) is 0.808. The molecule has 0 aliphatic heterocycles. The van der Waals surface area contributed by atoms with Crippen LogP contribution in [0, 0.1) is 19.8 Å². The zero-order valence-electron chi connectivity index (χ0n) is 14.4. The molecule has 0 fully saturated rings. The Kier molecular flexibility index (Phi) is 5.38. The van der Waals surface area contributed by atoms with Crippen molar-refractivity contribution in [1.82, 2.24) is 10.3 Å². The standard InChI is InChI=1S/C16H21N3O5/c1-6-11-13(10(5)24-18-11)16(21)22-14(8(2)3)15(20)17-12-7-9(4)23-19-12/h7-8,14H,6H2,1-5H3,(H,17,19,20)/t14-/m1/s1. The van der Waals surface area contributed by atoms with E-state index < -0.39 is 18.0 Å². The molecule has 8 heteroatoms. The fraction of sp³-hybridized carbons (Fsp3) is 0.500. The second kappa shape index (κ2) is 7.29. The average molecular weight is 335 g/mol. The number of anilines is 1. The molecule has 24 heavy (non-hydrogen) atoms. The van der Waals surface area contributed by atoms with Gasteiger partial charge in [-0.15, -0.1) is 0 Å². The molecule has 0 radical (unpaired) electrons. The second-order valence-electron chi connectivity index (χ2n) is 5.80. The fourth-order valence-electron chi connectivity index (χ4n) is 2.21. The first-order valence-electron chi connectivity index (χ1n) is 7.73. The molecule has 0 bridgehead atoms. The van der Waals surface area contributed by atoms with E-state index >= 15 is 0 Å². The molecule has 8 nitrogen and oxygen atoms in total. The molecular formula is C16H21N3O5. The molecule has 2 aromatic heterocycles. The van der Waals surface area contributed by atoms with Crippen molar-refractivity contribution < 1.29 is 23.4 Å². The van der Waals surface area contributed by atoms with E-state index in [4.69, 9.17) is 13.8 Å². The normalized spacial score (nSPS) is 12.2. The van der Waals surface area contributed by atoms with Crippen molar-refractivity contribution in [1.29, 1.82) is 0 Å². The maximum atomic E-state index is 12.4. The molecule has 0 unspecified atom stereocenters. The molecule has 1 N–H and O–H groups in total. The van der Waals surface area contributed by atoms with Gasteiger partial charge in [0.05, 0.1) is 5.69 Å². The maximum Gasteiger partial charge on any atom is 0.344 e. The van der Waals surface area contributed by atoms with E-state index in [1.807, 2.05) is 6.92 Å². The molecular weight excluding hydrogens is 314 g/mol. The molecule has 0 spiro atoms. The van der Waals surface area contributed by atoms with E-state index in [0.717, 1.165) is 0 Å². The highest BCUT2D eigenvalue weighted by Crippen LogP contribution is 2.19. The van der Waals surface area contributed by atoms with Gasteiger partial charge < -0.3 is 19.1 Å². The van der Waals surface area contributed by atoms with Crippen LogP contribution in [0.15, 0.2) is 15.1 Å². The first-order chi connectivity index (χ1) is 11.3. The van der Waals surface area contributed by atoms with Gasteiger partial charge in [-0.2, -0.15) is 0 Å². The Morgan fingerprint density at radius 3 is 2.50 bits per heavy atom. The number of hydrogen-bond donors (Lipinski definition) is 1. The highest BCUT2D eigenvalue weighted by atomic mass is 16.6. The van der Waals surface area contributed by atoms with Crippen molar-refractivity contribution in [3.05, 3.63) is 28.8 Å². The number of amides is 1. The minimum Gasteiger partial charge on any atom is -0.448 e. The fourth-order valence-corrected chi connectivity index (χ4v) is 2.21. The SMILES string of the molecule is CCc1noc(C)c1C(=O)O[C@@H](C(=O)Nc1cc(C)on1)C(C)C. The van der Waals surface area contributed by atoms with Crippen LogP contribution in [0.5, 0.6) is 0 Å². The summed E-state index contributed by atoms with van der Waals surface area (Å²) in [6, 6.07) is 1.58. The zero-order valence-corrected chi connectivity index (χ0v) is 14.4. The summed E-state index contributed by atoms with van der Waals surface area (Å²) in [6.07, 6.45) is -0.452. The Balaban J connectivity index is 2.14. The first kappa shape index (κ1) is 17.7. The van der Waals surface area contributed by atoms with Crippen LogP contribution in [-0.2, 0) is 16.0 Å². The van der Waals surface area contributed by atoms with Gasteiger partial charge in [-0.3, -0.25) is 4.79 Å². The highest BCUT2D eigenvalue weighted by molar-refractivity contribution is 5.97. The van der Waals surface area contributed by atoms with Gasteiger partial charge in [0.25, 0.3) is 5.91 Å². The molecule has 0 aromatic carbocycles. The number of carbonyl (C=O) groups excluding carboxylic acids is 2. The minimum absolute atomic E-state index is 0.229. The van der Waals surface area contributed by atoms with E-state index in [1.165, 1.54) is 0 Å². The van der Waals surface area contributed by atoms with Gasteiger partial charge in [-0.25, -0.2) is 4.79 Å². The Bertz CT molecular complexity index is 732. The highest BCUT2D eigenvalue weighted by Gasteiger charge is 2.30. The number of ether oxygens (including phenoxy) is 1. The van der Waals surface area contributed by atoms with Gasteiger partial charge in [-0.1, -0.05) is 31.1 Å². The van der Waals surface area contributed by atoms with Gasteiger partial charge >= 0.3 is 5.97 Å². The Labute approximate surface area is 139 Å². The molecule has 0 aliphatic rings. The number of nitrogens with one attached hydrogen (secondary N) is 1. The summed E-state index contributed by atoms with van der Waals surface area (Å²) in [5.74, 6) is -0.126. The molecule has 1 amide bonds. The molecule has 2 rings (SSSR count). The second-order valence-corrected chi connectivity index (χ2v) is 5.80. The Hall–Kier alpha value is -2.64. The summed E-state index contributed by atoms with van der Waals surface area (Å²) in [4.78, 5) is 24.8. The molecule has 130 valence electrons. The van der Waals surface area contributed by atoms with Crippen molar-refractivity contribution in [2.75, 3.05) is 5.32 Å². The minimum atomic E-state index is -0.978. The van der Waals surface area contributed by atoms with Crippen LogP contribution in [-0.4, -0.2) is 28.3 Å². The molecule has 0 saturated carbocycles. The third kappa shape index (κ3) is 3.81. The summed E-state index contributed by atoms with van der Waals surface area (Å²) >= 11 is 0. The molecule has 0 saturated heterocycles. The van der Waals surface area contributed by atoms with Crippen molar-refractivity contribution in [2.24, 2.45) is 5.92 Å². The largest absolute Gasteiger partial charge is 0.448 e. The lowest BCUT2D eigenvalue weighted by Crippen LogP contribution is -2.37. The number of esters is 1. The van der Waals surface area contributed by atoms with E-state index in [1.54, 1.807) is 33.8 Å². The van der Waals surface area contributed by atoms with Gasteiger partial charge in [0.1, 0.15) is 17.1 Å². The first-order valence-corrected chi connectivity index (χ1v) is 7.73. The van der Waals surface area contributed by atoms with Crippen LogP contribution < -0.4 is 5.32 Å². The van der Waals surface area contributed by atoms with Gasteiger partial charge in [0, 0.05) is 6.07 Å². The van der Waals surface area contributed by atoms with Crippen molar-refractivity contribution in [2.45, 2.75) is 47.1 Å². The van der Waals surface area contributed by atoms with Crippen LogP contribution in [0.3, 0.4) is 0 Å². The molecule has 2 heterocycles. The number of carbonyl (C=O) groups is 2. The van der Waals surface area contributed by atoms with Crippen LogP contribution in [0.25, 0.3) is 0 Å². The topological polar surface area (TPSA) is 107 Å². The van der Waals surface area contributed by atoms with Crippen LogP contribution in [0.2, 0.25) is 0 Å². The number of aromatic nitrogens is 2. The smallest absolute Gasteiger partial charge is 0.344 e. The van der Waals surface area contributed by atoms with Crippen molar-refractivity contribution in [3.8, 4) is 0 Å². The predicted octanol–water partition coefficient (Wildman–Crippen LogP) is 2.66. The molecule has 0 aliphatic carbocycles. The monoisotopic (exact) mass is 335 g/mol. The number of nitrogens with zero attached hydrogens (tertiary/aromatic N) is 2. The van der Waals surface area contributed by atoms with E-state index in [2.05, 4.69) is 15.6 Å². The number of hydrogen-bond acceptors (Lipinski definition) is 7. The van der Waals surface area contributed by atoms with E-state index in [-0.39, 0.29) is 17.3 Å². The zero-order chi connectivity index (χ0) is 17.9. The molecule has 1 atom stereocenters. The molecule has 2 aromatic rings. The summed E-state index contributed by atoms with van der Waals surface area (Å²) < 4.78 is 15.3. The number of aryl methyl sites for hydroxylation is 3. The Morgan fingerprint density at radius 1 is 1.25 bits per heavy atom. The van der Waals surface area contributed by atoms with Crippen molar-refractivity contribution >= 4 is 17.7 Å². The number of rotatable bonds is 6. The van der Waals surface area contributed by atoms with Gasteiger partial charge in [0.15, 0.2) is 11.9 Å². The Morgan fingerprint density at radius 2 is 1.96 bits per heavy atom. The van der Waals surface area contributed by atoms with Crippen LogP contribution >= 0.6 is 0 Å². The third-order valence-electron chi connectivity index (χ3n) is 3.45. The lowest BCUT2D eigenvalue weighted by atomic mass is 10.1. The summed E-state index contributed by atoms with van der Waals surface area (Å²) in [7, 11) is 0. The van der Waals surface area contributed by atoms with Crippen LogP contribution in [0.1, 0.15) is 48.3 Å². The van der Waals surface area contributed by atoms with Crippen molar-refractivity contribution in [3.63, 3.8) is 0 Å². The predicted molar refractivity (Wildman–Crippen MR) is 84.5 cm³/mol. The summed E-state index contributed by atoms with van der Waals surface area (Å²) in [6.45, 7) is 8.77. The lowest BCUT2D eigenvalue weighted by molar-refractivity contribution is -0.126. The van der Waals surface area contributed by atoms with Gasteiger partial charge in [0.2, 0.25) is 0 Å². The van der Waals surface area contributed by atoms with Gasteiger partial charge in [-0.05, 0) is 26.2 Å².